The molecule has 0 aliphatic carbocycles. The molecule has 2 heterocycles. The van der Waals surface area contributed by atoms with Crippen molar-refractivity contribution in [1.82, 2.24) is 9.62 Å². The standard InChI is InChI=1S/C21H28N2O4S/c1-4-28(25,26)23-14-12-21(13-15-23,18-8-6-5-7-9-18)20(24)22-17(3)19-11-10-16(2)27-19/h5-11,17H,4,12-15H2,1-3H3,(H,22,24). The highest BCUT2D eigenvalue weighted by Crippen LogP contribution is 2.37. The van der Waals surface area contributed by atoms with Crippen LogP contribution in [0.5, 0.6) is 0 Å². The number of rotatable bonds is 6. The molecule has 1 unspecified atom stereocenters. The van der Waals surface area contributed by atoms with Gasteiger partial charge in [0.2, 0.25) is 15.9 Å². The third kappa shape index (κ3) is 4.00. The Morgan fingerprint density at radius 1 is 1.18 bits per heavy atom. The zero-order valence-electron chi connectivity index (χ0n) is 16.6. The molecule has 1 amide bonds. The molecule has 7 heteroatoms. The van der Waals surface area contributed by atoms with Crippen molar-refractivity contribution < 1.29 is 17.6 Å². The fraction of sp³-hybridized carbons (Fsp3) is 0.476. The van der Waals surface area contributed by atoms with Crippen molar-refractivity contribution in [3.05, 3.63) is 59.5 Å². The maximum absolute atomic E-state index is 13.4. The van der Waals surface area contributed by atoms with Crippen LogP contribution in [0.15, 0.2) is 46.9 Å². The van der Waals surface area contributed by atoms with Crippen molar-refractivity contribution >= 4 is 15.9 Å². The summed E-state index contributed by atoms with van der Waals surface area (Å²) in [5, 5.41) is 3.09. The summed E-state index contributed by atoms with van der Waals surface area (Å²) in [4.78, 5) is 13.4. The molecule has 1 N–H and O–H groups in total. The first kappa shape index (κ1) is 20.6. The van der Waals surface area contributed by atoms with Gasteiger partial charge < -0.3 is 9.73 Å². The minimum Gasteiger partial charge on any atom is -0.464 e. The molecule has 6 nitrogen and oxygen atoms in total. The van der Waals surface area contributed by atoms with Crippen LogP contribution in [0.4, 0.5) is 0 Å². The van der Waals surface area contributed by atoms with Crippen molar-refractivity contribution in [3.63, 3.8) is 0 Å². The first-order valence-electron chi connectivity index (χ1n) is 9.69. The Labute approximate surface area is 167 Å². The number of amides is 1. The molecule has 3 rings (SSSR count). The van der Waals surface area contributed by atoms with Crippen LogP contribution < -0.4 is 5.32 Å². The minimum absolute atomic E-state index is 0.0758. The monoisotopic (exact) mass is 404 g/mol. The van der Waals surface area contributed by atoms with Crippen molar-refractivity contribution in [2.24, 2.45) is 0 Å². The summed E-state index contributed by atoms with van der Waals surface area (Å²) in [6.45, 7) is 6.09. The first-order valence-corrected chi connectivity index (χ1v) is 11.3. The molecule has 1 aromatic carbocycles. The predicted octanol–water partition coefficient (Wildman–Crippen LogP) is 3.15. The van der Waals surface area contributed by atoms with Gasteiger partial charge in [0.15, 0.2) is 0 Å². The van der Waals surface area contributed by atoms with Crippen molar-refractivity contribution in [2.45, 2.75) is 45.1 Å². The molecule has 1 atom stereocenters. The number of aryl methyl sites for hydroxylation is 1. The van der Waals surface area contributed by atoms with Crippen LogP contribution in [0.25, 0.3) is 0 Å². The Morgan fingerprint density at radius 3 is 2.36 bits per heavy atom. The van der Waals surface area contributed by atoms with E-state index in [1.54, 1.807) is 6.92 Å². The lowest BCUT2D eigenvalue weighted by atomic mass is 9.72. The summed E-state index contributed by atoms with van der Waals surface area (Å²) in [6.07, 6.45) is 0.901. The van der Waals surface area contributed by atoms with Crippen LogP contribution in [0.3, 0.4) is 0 Å². The van der Waals surface area contributed by atoms with E-state index in [1.165, 1.54) is 4.31 Å². The number of nitrogens with zero attached hydrogens (tertiary/aromatic N) is 1. The average Bonchev–Trinajstić information content (AvgIpc) is 3.15. The SMILES string of the molecule is CCS(=O)(=O)N1CCC(C(=O)NC(C)c2ccc(C)o2)(c2ccccc2)CC1. The van der Waals surface area contributed by atoms with Crippen molar-refractivity contribution in [1.29, 1.82) is 0 Å². The number of hydrogen-bond donors (Lipinski definition) is 1. The number of benzene rings is 1. The van der Waals surface area contributed by atoms with Gasteiger partial charge in [0.05, 0.1) is 17.2 Å². The second kappa shape index (κ2) is 8.09. The van der Waals surface area contributed by atoms with Gasteiger partial charge in [0.1, 0.15) is 11.5 Å². The van der Waals surface area contributed by atoms with Gasteiger partial charge in [-0.25, -0.2) is 12.7 Å². The smallest absolute Gasteiger partial charge is 0.231 e. The first-order chi connectivity index (χ1) is 13.3. The fourth-order valence-electron chi connectivity index (χ4n) is 3.82. The zero-order valence-corrected chi connectivity index (χ0v) is 17.5. The minimum atomic E-state index is -3.26. The molecule has 1 aromatic heterocycles. The van der Waals surface area contributed by atoms with E-state index in [4.69, 9.17) is 4.42 Å². The second-order valence-corrected chi connectivity index (χ2v) is 9.65. The van der Waals surface area contributed by atoms with E-state index in [2.05, 4.69) is 5.32 Å². The number of carbonyl (C=O) groups excluding carboxylic acids is 1. The van der Waals surface area contributed by atoms with E-state index < -0.39 is 15.4 Å². The molecule has 2 aromatic rings. The Morgan fingerprint density at radius 2 is 1.82 bits per heavy atom. The number of sulfonamides is 1. The summed E-state index contributed by atoms with van der Waals surface area (Å²) in [6, 6.07) is 13.1. The third-order valence-electron chi connectivity index (χ3n) is 5.63. The maximum atomic E-state index is 13.4. The molecule has 1 aliphatic rings. The lowest BCUT2D eigenvalue weighted by Crippen LogP contribution is -2.53. The van der Waals surface area contributed by atoms with Gasteiger partial charge in [0.25, 0.3) is 0 Å². The molecular formula is C21H28N2O4S. The molecule has 1 aliphatic heterocycles. The number of furan rings is 1. The summed E-state index contributed by atoms with van der Waals surface area (Å²) in [5.41, 5.74) is 0.167. The number of carbonyl (C=O) groups is 1. The number of nitrogens with one attached hydrogen (secondary N) is 1. The van der Waals surface area contributed by atoms with Gasteiger partial charge in [0, 0.05) is 13.1 Å². The largest absolute Gasteiger partial charge is 0.464 e. The van der Waals surface area contributed by atoms with Gasteiger partial charge in [-0.1, -0.05) is 30.3 Å². The van der Waals surface area contributed by atoms with Gasteiger partial charge in [-0.05, 0) is 51.3 Å². The second-order valence-electron chi connectivity index (χ2n) is 7.39. The van der Waals surface area contributed by atoms with Crippen molar-refractivity contribution in [3.8, 4) is 0 Å². The summed E-state index contributed by atoms with van der Waals surface area (Å²) >= 11 is 0. The van der Waals surface area contributed by atoms with Gasteiger partial charge in [-0.3, -0.25) is 4.79 Å². The topological polar surface area (TPSA) is 79.6 Å². The van der Waals surface area contributed by atoms with E-state index in [-0.39, 0.29) is 17.7 Å². The fourth-order valence-corrected chi connectivity index (χ4v) is 4.93. The van der Waals surface area contributed by atoms with Gasteiger partial charge >= 0.3 is 0 Å². The van der Waals surface area contributed by atoms with E-state index in [1.807, 2.05) is 56.3 Å². The number of hydrogen-bond acceptors (Lipinski definition) is 4. The molecule has 0 radical (unpaired) electrons. The Bertz CT molecular complexity index is 913. The van der Waals surface area contributed by atoms with Gasteiger partial charge in [-0.2, -0.15) is 0 Å². The Kier molecular flexibility index (Phi) is 5.95. The highest BCUT2D eigenvalue weighted by Gasteiger charge is 2.45. The third-order valence-corrected chi connectivity index (χ3v) is 7.51. The highest BCUT2D eigenvalue weighted by molar-refractivity contribution is 7.89. The van der Waals surface area contributed by atoms with Gasteiger partial charge in [-0.15, -0.1) is 0 Å². The van der Waals surface area contributed by atoms with Crippen LogP contribution in [0.2, 0.25) is 0 Å². The molecular weight excluding hydrogens is 376 g/mol. The van der Waals surface area contributed by atoms with Crippen molar-refractivity contribution in [2.75, 3.05) is 18.8 Å². The van der Waals surface area contributed by atoms with E-state index >= 15 is 0 Å². The summed E-state index contributed by atoms with van der Waals surface area (Å²) < 4.78 is 31.6. The molecule has 0 bridgehead atoms. The molecule has 28 heavy (non-hydrogen) atoms. The maximum Gasteiger partial charge on any atom is 0.231 e. The van der Waals surface area contributed by atoms with E-state index in [0.29, 0.717) is 31.7 Å². The Hall–Kier alpha value is -2.12. The van der Waals surface area contributed by atoms with Crippen LogP contribution in [-0.2, 0) is 20.2 Å². The molecule has 152 valence electrons. The van der Waals surface area contributed by atoms with Crippen LogP contribution in [-0.4, -0.2) is 37.5 Å². The molecule has 0 spiro atoms. The predicted molar refractivity (Wildman–Crippen MR) is 108 cm³/mol. The highest BCUT2D eigenvalue weighted by atomic mass is 32.2. The quantitative estimate of drug-likeness (QED) is 0.802. The van der Waals surface area contributed by atoms with Crippen LogP contribution >= 0.6 is 0 Å². The van der Waals surface area contributed by atoms with E-state index in [0.717, 1.165) is 11.3 Å². The summed E-state index contributed by atoms with van der Waals surface area (Å²) in [7, 11) is -3.26. The van der Waals surface area contributed by atoms with E-state index in [9.17, 15) is 13.2 Å². The average molecular weight is 405 g/mol. The zero-order chi connectivity index (χ0) is 20.4. The number of piperidine rings is 1. The van der Waals surface area contributed by atoms with Crippen LogP contribution in [0, 0.1) is 6.92 Å². The summed E-state index contributed by atoms with van der Waals surface area (Å²) in [5.74, 6) is 1.49. The lowest BCUT2D eigenvalue weighted by molar-refractivity contribution is -0.129. The molecule has 1 saturated heterocycles. The Balaban J connectivity index is 1.85. The molecule has 1 fully saturated rings. The normalized spacial score (nSPS) is 18.5. The molecule has 0 saturated carbocycles. The van der Waals surface area contributed by atoms with Crippen LogP contribution in [0.1, 0.15) is 49.8 Å². The lowest BCUT2D eigenvalue weighted by Gasteiger charge is -2.40.